The fourth-order valence-corrected chi connectivity index (χ4v) is 3.81. The smallest absolute Gasteiger partial charge is 0.387 e. The monoisotopic (exact) mass is 392 g/mol. The zero-order valence-corrected chi connectivity index (χ0v) is 16.2. The zero-order valence-electron chi connectivity index (χ0n) is 16.2. The first kappa shape index (κ1) is 20.1. The Bertz CT molecular complexity index is 790. The van der Waals surface area contributed by atoms with Crippen molar-refractivity contribution >= 4 is 6.03 Å². The van der Waals surface area contributed by atoms with Crippen LogP contribution < -0.4 is 10.1 Å². The average molecular weight is 392 g/mol. The van der Waals surface area contributed by atoms with Crippen molar-refractivity contribution in [3.63, 3.8) is 0 Å². The lowest BCUT2D eigenvalue weighted by Crippen LogP contribution is -2.42. The molecule has 0 spiro atoms. The number of carbonyl (C=O) groups excluding carboxylic acids is 1. The van der Waals surface area contributed by atoms with Gasteiger partial charge in [0.2, 0.25) is 0 Å². The van der Waals surface area contributed by atoms with Crippen molar-refractivity contribution in [1.29, 1.82) is 0 Å². The lowest BCUT2D eigenvalue weighted by Gasteiger charge is -2.30. The number of alkyl halides is 2. The Morgan fingerprint density at radius 3 is 2.89 bits per heavy atom. The highest BCUT2D eigenvalue weighted by Gasteiger charge is 2.30. The first-order valence-electron chi connectivity index (χ1n) is 9.55. The highest BCUT2D eigenvalue weighted by molar-refractivity contribution is 5.75. The summed E-state index contributed by atoms with van der Waals surface area (Å²) in [6, 6.07) is 6.19. The summed E-state index contributed by atoms with van der Waals surface area (Å²) in [5.74, 6) is 0.0824. The van der Waals surface area contributed by atoms with Gasteiger partial charge in [0.25, 0.3) is 0 Å². The van der Waals surface area contributed by atoms with Gasteiger partial charge in [0.05, 0.1) is 11.7 Å². The number of urea groups is 1. The maximum atomic E-state index is 12.9. The highest BCUT2D eigenvalue weighted by Crippen LogP contribution is 2.33. The molecule has 1 atom stereocenters. The molecule has 2 amide bonds. The molecule has 1 aromatic heterocycles. The zero-order chi connectivity index (χ0) is 20.1. The van der Waals surface area contributed by atoms with Crippen molar-refractivity contribution < 1.29 is 18.3 Å². The maximum absolute atomic E-state index is 12.9. The van der Waals surface area contributed by atoms with E-state index in [0.29, 0.717) is 12.1 Å². The lowest BCUT2D eigenvalue weighted by molar-refractivity contribution is -0.0498. The number of aromatic nitrogens is 2. The van der Waals surface area contributed by atoms with Crippen molar-refractivity contribution in [2.75, 3.05) is 6.54 Å². The Morgan fingerprint density at radius 2 is 2.18 bits per heavy atom. The molecule has 1 aliphatic rings. The molecule has 3 rings (SSSR count). The van der Waals surface area contributed by atoms with E-state index in [1.807, 2.05) is 18.7 Å². The number of hydrogen-bond acceptors (Lipinski definition) is 3. The van der Waals surface area contributed by atoms with Crippen LogP contribution in [0.5, 0.6) is 5.75 Å². The van der Waals surface area contributed by atoms with Gasteiger partial charge in [0, 0.05) is 24.3 Å². The van der Waals surface area contributed by atoms with Crippen LogP contribution in [0.3, 0.4) is 0 Å². The van der Waals surface area contributed by atoms with Gasteiger partial charge in [-0.1, -0.05) is 25.0 Å². The molecule has 2 aromatic rings. The number of benzene rings is 1. The molecule has 0 aliphatic carbocycles. The molecule has 152 valence electrons. The van der Waals surface area contributed by atoms with Crippen LogP contribution in [0.25, 0.3) is 0 Å². The molecule has 1 aliphatic heterocycles. The molecule has 0 bridgehead atoms. The molecule has 2 N–H and O–H groups in total. The molecule has 0 radical (unpaired) electrons. The predicted molar refractivity (Wildman–Crippen MR) is 101 cm³/mol. The van der Waals surface area contributed by atoms with Crippen molar-refractivity contribution in [3.8, 4) is 5.75 Å². The van der Waals surface area contributed by atoms with Gasteiger partial charge in [-0.05, 0) is 44.4 Å². The Balaban J connectivity index is 1.71. The first-order valence-corrected chi connectivity index (χ1v) is 9.55. The molecule has 1 saturated heterocycles. The molecule has 2 heterocycles. The van der Waals surface area contributed by atoms with Gasteiger partial charge in [-0.2, -0.15) is 13.9 Å². The van der Waals surface area contributed by atoms with Gasteiger partial charge in [0.1, 0.15) is 5.75 Å². The van der Waals surface area contributed by atoms with Crippen molar-refractivity contribution in [3.05, 3.63) is 46.8 Å². The van der Waals surface area contributed by atoms with E-state index in [1.165, 1.54) is 12.1 Å². The normalized spacial score (nSPS) is 17.5. The summed E-state index contributed by atoms with van der Waals surface area (Å²) in [5, 5.41) is 10.2. The number of carbonyl (C=O) groups is 1. The number of H-pyrrole nitrogens is 1. The van der Waals surface area contributed by atoms with Crippen LogP contribution in [-0.4, -0.2) is 34.3 Å². The van der Waals surface area contributed by atoms with Crippen molar-refractivity contribution in [2.45, 2.75) is 58.7 Å². The number of rotatable bonds is 5. The van der Waals surface area contributed by atoms with E-state index in [2.05, 4.69) is 20.3 Å². The van der Waals surface area contributed by atoms with Crippen molar-refractivity contribution in [1.82, 2.24) is 20.4 Å². The van der Waals surface area contributed by atoms with Crippen LogP contribution in [0, 0.1) is 13.8 Å². The number of nitrogens with one attached hydrogen (secondary N) is 2. The highest BCUT2D eigenvalue weighted by atomic mass is 19.3. The predicted octanol–water partition coefficient (Wildman–Crippen LogP) is 4.45. The number of ether oxygens (including phenoxy) is 1. The quantitative estimate of drug-likeness (QED) is 0.790. The summed E-state index contributed by atoms with van der Waals surface area (Å²) in [6.07, 6.45) is 4.00. The van der Waals surface area contributed by atoms with Crippen molar-refractivity contribution in [2.24, 2.45) is 0 Å². The second kappa shape index (κ2) is 9.03. The van der Waals surface area contributed by atoms with Gasteiger partial charge in [-0.25, -0.2) is 4.79 Å². The van der Waals surface area contributed by atoms with Gasteiger partial charge < -0.3 is 15.0 Å². The van der Waals surface area contributed by atoms with E-state index >= 15 is 0 Å². The molecular formula is C20H26F2N4O2. The third-order valence-electron chi connectivity index (χ3n) is 5.10. The Kier molecular flexibility index (Phi) is 6.49. The molecule has 6 nitrogen and oxygen atoms in total. The van der Waals surface area contributed by atoms with E-state index in [4.69, 9.17) is 0 Å². The molecule has 0 saturated carbocycles. The van der Waals surface area contributed by atoms with E-state index in [1.54, 1.807) is 12.1 Å². The minimum Gasteiger partial charge on any atom is -0.435 e. The molecular weight excluding hydrogens is 366 g/mol. The number of aryl methyl sites for hydroxylation is 2. The van der Waals surface area contributed by atoms with Crippen LogP contribution in [0.2, 0.25) is 0 Å². The SMILES string of the molecule is Cc1n[nH]c(C)c1[C@H]1CCCCCN1C(=O)NCc1cccc(OC(F)F)c1. The summed E-state index contributed by atoms with van der Waals surface area (Å²) >= 11 is 0. The summed E-state index contributed by atoms with van der Waals surface area (Å²) in [6.45, 7) is 1.98. The van der Waals surface area contributed by atoms with E-state index in [-0.39, 0.29) is 24.4 Å². The minimum absolute atomic E-state index is 0.0187. The van der Waals surface area contributed by atoms with Crippen LogP contribution in [0.4, 0.5) is 13.6 Å². The van der Waals surface area contributed by atoms with Gasteiger partial charge in [0.15, 0.2) is 0 Å². The van der Waals surface area contributed by atoms with E-state index < -0.39 is 6.61 Å². The number of amides is 2. The Hall–Kier alpha value is -2.64. The fourth-order valence-electron chi connectivity index (χ4n) is 3.81. The topological polar surface area (TPSA) is 70.2 Å². The van der Waals surface area contributed by atoms with Gasteiger partial charge >= 0.3 is 12.6 Å². The first-order chi connectivity index (χ1) is 13.5. The van der Waals surface area contributed by atoms with Crippen LogP contribution in [0.15, 0.2) is 24.3 Å². The van der Waals surface area contributed by atoms with E-state index in [0.717, 1.165) is 42.6 Å². The molecule has 8 heteroatoms. The Morgan fingerprint density at radius 1 is 1.36 bits per heavy atom. The van der Waals surface area contributed by atoms with Gasteiger partial charge in [-0.3, -0.25) is 5.10 Å². The molecule has 0 unspecified atom stereocenters. The molecule has 1 aromatic carbocycles. The van der Waals surface area contributed by atoms with Crippen LogP contribution in [-0.2, 0) is 6.54 Å². The number of aromatic amines is 1. The number of likely N-dealkylation sites (tertiary alicyclic amines) is 1. The Labute approximate surface area is 163 Å². The third kappa shape index (κ3) is 4.79. The third-order valence-corrected chi connectivity index (χ3v) is 5.10. The molecule has 28 heavy (non-hydrogen) atoms. The largest absolute Gasteiger partial charge is 0.435 e. The fraction of sp³-hybridized carbons (Fsp3) is 0.500. The maximum Gasteiger partial charge on any atom is 0.387 e. The van der Waals surface area contributed by atoms with Crippen LogP contribution >= 0.6 is 0 Å². The molecule has 1 fully saturated rings. The van der Waals surface area contributed by atoms with Crippen LogP contribution in [0.1, 0.15) is 54.2 Å². The van der Waals surface area contributed by atoms with E-state index in [9.17, 15) is 13.6 Å². The number of nitrogens with zero attached hydrogens (tertiary/aromatic N) is 2. The summed E-state index contributed by atoms with van der Waals surface area (Å²) in [5.41, 5.74) is 3.69. The standard InChI is InChI=1S/C20H26F2N4O2/c1-13-18(14(2)25-24-13)17-9-4-3-5-10-26(17)20(27)23-12-15-7-6-8-16(11-15)28-19(21)22/h6-8,11,17,19H,3-5,9-10,12H2,1-2H3,(H,23,27)(H,24,25)/t17-/m1/s1. The van der Waals surface area contributed by atoms with Gasteiger partial charge in [-0.15, -0.1) is 0 Å². The summed E-state index contributed by atoms with van der Waals surface area (Å²) in [7, 11) is 0. The number of halogens is 2. The lowest BCUT2D eigenvalue weighted by atomic mass is 9.99. The second-order valence-electron chi connectivity index (χ2n) is 7.09. The number of hydrogen-bond donors (Lipinski definition) is 2. The summed E-state index contributed by atoms with van der Waals surface area (Å²) in [4.78, 5) is 14.8. The minimum atomic E-state index is -2.87. The summed E-state index contributed by atoms with van der Waals surface area (Å²) < 4.78 is 29.2. The average Bonchev–Trinajstić information content (AvgIpc) is 2.85. The second-order valence-corrected chi connectivity index (χ2v) is 7.09.